The van der Waals surface area contributed by atoms with Crippen LogP contribution in [0, 0.1) is 13.8 Å². The quantitative estimate of drug-likeness (QED) is 0.383. The van der Waals surface area contributed by atoms with E-state index >= 15 is 0 Å². The predicted octanol–water partition coefficient (Wildman–Crippen LogP) is 3.02. The van der Waals surface area contributed by atoms with E-state index in [1.165, 1.54) is 19.2 Å². The molecule has 7 nitrogen and oxygen atoms in total. The number of carbonyl (C=O) groups is 2. The molecule has 0 amide bonds. The Kier molecular flexibility index (Phi) is 8.49. The van der Waals surface area contributed by atoms with Gasteiger partial charge in [-0.2, -0.15) is 0 Å². The fourth-order valence-corrected chi connectivity index (χ4v) is 2.47. The molecular formula is C22H24FNO6. The average Bonchev–Trinajstić information content (AvgIpc) is 2.74. The molecule has 2 rings (SSSR count). The van der Waals surface area contributed by atoms with Gasteiger partial charge in [0.1, 0.15) is 19.8 Å². The third kappa shape index (κ3) is 6.66. The Morgan fingerprint density at radius 2 is 1.50 bits per heavy atom. The number of alkyl halides is 1. The minimum Gasteiger partial charge on any atom is -0.459 e. The number of rotatable bonds is 9. The fraction of sp³-hybridized carbons (Fsp3) is 0.318. The van der Waals surface area contributed by atoms with Crippen molar-refractivity contribution in [2.45, 2.75) is 32.2 Å². The molecule has 0 heterocycles. The summed E-state index contributed by atoms with van der Waals surface area (Å²) in [7, 11) is 1.22. The number of hydrogen-bond donors (Lipinski definition) is 1. The molecule has 0 saturated carbocycles. The van der Waals surface area contributed by atoms with Crippen LogP contribution in [0.3, 0.4) is 0 Å². The number of oxime groups is 1. The highest BCUT2D eigenvalue weighted by Crippen LogP contribution is 2.14. The highest BCUT2D eigenvalue weighted by molar-refractivity contribution is 5.90. The van der Waals surface area contributed by atoms with Gasteiger partial charge in [0, 0.05) is 0 Å². The second-order valence-electron chi connectivity index (χ2n) is 6.65. The van der Waals surface area contributed by atoms with Crippen molar-refractivity contribution >= 4 is 18.2 Å². The first-order valence-corrected chi connectivity index (χ1v) is 9.22. The molecule has 0 aliphatic heterocycles. The van der Waals surface area contributed by atoms with Gasteiger partial charge in [-0.05, 0) is 38.1 Å². The number of aliphatic hydroxyl groups is 1. The fourth-order valence-electron chi connectivity index (χ4n) is 2.47. The van der Waals surface area contributed by atoms with Gasteiger partial charge in [-0.1, -0.05) is 40.5 Å². The van der Waals surface area contributed by atoms with E-state index in [9.17, 15) is 19.1 Å². The summed E-state index contributed by atoms with van der Waals surface area (Å²) in [5, 5.41) is 13.7. The standard InChI is InChI=1S/C22H24FNO6/c1-14-4-8-16(9-5-14)21(26)29-13-19(25)20(18(23)12-24-28-3)30-22(27)17-10-6-15(2)7-11-17/h4-12,18-20,25H,13H2,1-3H3/b24-12-/t18-,19-,20+/m1/s1. The highest BCUT2D eigenvalue weighted by atomic mass is 19.1. The molecule has 2 aromatic carbocycles. The van der Waals surface area contributed by atoms with Crippen LogP contribution in [0.4, 0.5) is 4.39 Å². The van der Waals surface area contributed by atoms with E-state index in [0.717, 1.165) is 17.3 Å². The van der Waals surface area contributed by atoms with Crippen molar-refractivity contribution < 1.29 is 33.4 Å². The van der Waals surface area contributed by atoms with Crippen molar-refractivity contribution in [3.63, 3.8) is 0 Å². The lowest BCUT2D eigenvalue weighted by Crippen LogP contribution is -2.43. The minimum absolute atomic E-state index is 0.185. The summed E-state index contributed by atoms with van der Waals surface area (Å²) in [5.74, 6) is -1.53. The Hall–Kier alpha value is -3.26. The number of esters is 2. The molecule has 0 aromatic heterocycles. The summed E-state index contributed by atoms with van der Waals surface area (Å²) in [6.45, 7) is 3.14. The number of ether oxygens (including phenoxy) is 2. The molecule has 2 aromatic rings. The van der Waals surface area contributed by atoms with Gasteiger partial charge in [-0.3, -0.25) is 0 Å². The summed E-state index contributed by atoms with van der Waals surface area (Å²) in [5.41, 5.74) is 2.36. The van der Waals surface area contributed by atoms with Crippen LogP contribution >= 0.6 is 0 Å². The van der Waals surface area contributed by atoms with E-state index in [2.05, 4.69) is 9.99 Å². The van der Waals surface area contributed by atoms with Crippen LogP contribution in [0.15, 0.2) is 53.7 Å². The summed E-state index contributed by atoms with van der Waals surface area (Å²) >= 11 is 0. The van der Waals surface area contributed by atoms with Crippen molar-refractivity contribution in [2.24, 2.45) is 5.16 Å². The molecule has 0 fully saturated rings. The van der Waals surface area contributed by atoms with E-state index in [0.29, 0.717) is 0 Å². The average molecular weight is 417 g/mol. The molecule has 0 unspecified atom stereocenters. The number of carbonyl (C=O) groups excluding carboxylic acids is 2. The number of aryl methyl sites for hydroxylation is 2. The van der Waals surface area contributed by atoms with Gasteiger partial charge in [0.25, 0.3) is 0 Å². The van der Waals surface area contributed by atoms with Gasteiger partial charge in [0.15, 0.2) is 12.3 Å². The lowest BCUT2D eigenvalue weighted by Gasteiger charge is -2.24. The van der Waals surface area contributed by atoms with Crippen LogP contribution in [0.1, 0.15) is 31.8 Å². The highest BCUT2D eigenvalue weighted by Gasteiger charge is 2.33. The third-order valence-corrected chi connectivity index (χ3v) is 4.20. The number of hydrogen-bond acceptors (Lipinski definition) is 7. The van der Waals surface area contributed by atoms with Crippen LogP contribution in [0.2, 0.25) is 0 Å². The Balaban J connectivity index is 2.07. The largest absolute Gasteiger partial charge is 0.459 e. The van der Waals surface area contributed by atoms with Gasteiger partial charge in [-0.25, -0.2) is 14.0 Å². The normalized spacial score (nSPS) is 14.0. The maximum Gasteiger partial charge on any atom is 0.338 e. The molecule has 3 atom stereocenters. The summed E-state index contributed by atoms with van der Waals surface area (Å²) in [6, 6.07) is 13.1. The lowest BCUT2D eigenvalue weighted by molar-refractivity contribution is -0.0594. The molecule has 0 bridgehead atoms. The first-order chi connectivity index (χ1) is 14.3. The topological polar surface area (TPSA) is 94.4 Å². The van der Waals surface area contributed by atoms with Crippen molar-refractivity contribution in [3.8, 4) is 0 Å². The molecule has 1 N–H and O–H groups in total. The molecule has 0 spiro atoms. The molecule has 0 aliphatic carbocycles. The second kappa shape index (κ2) is 11.1. The zero-order chi connectivity index (χ0) is 22.1. The lowest BCUT2D eigenvalue weighted by atomic mass is 10.1. The van der Waals surface area contributed by atoms with E-state index < -0.39 is 36.9 Å². The molecule has 0 radical (unpaired) electrons. The number of aliphatic hydroxyl groups excluding tert-OH is 1. The Labute approximate surface area is 174 Å². The molecular weight excluding hydrogens is 393 g/mol. The number of halogens is 1. The first kappa shape index (κ1) is 23.0. The maximum absolute atomic E-state index is 14.5. The van der Waals surface area contributed by atoms with Crippen molar-refractivity contribution in [3.05, 3.63) is 70.8 Å². The SMILES string of the molecule is CO/N=C\[C@@H](F)[C@H](OC(=O)c1ccc(C)cc1)[C@H](O)COC(=O)c1ccc(C)cc1. The van der Waals surface area contributed by atoms with Crippen molar-refractivity contribution in [1.29, 1.82) is 0 Å². The van der Waals surface area contributed by atoms with Gasteiger partial charge >= 0.3 is 11.9 Å². The summed E-state index contributed by atoms with van der Waals surface area (Å²) in [6.07, 6.45) is -4.54. The van der Waals surface area contributed by atoms with Crippen molar-refractivity contribution in [1.82, 2.24) is 0 Å². The maximum atomic E-state index is 14.5. The zero-order valence-electron chi connectivity index (χ0n) is 16.9. The van der Waals surface area contributed by atoms with Gasteiger partial charge in [0.05, 0.1) is 17.3 Å². The van der Waals surface area contributed by atoms with Crippen LogP contribution in [0.25, 0.3) is 0 Å². The first-order valence-electron chi connectivity index (χ1n) is 9.22. The molecule has 0 aliphatic rings. The summed E-state index contributed by atoms with van der Waals surface area (Å²) in [4.78, 5) is 28.9. The second-order valence-corrected chi connectivity index (χ2v) is 6.65. The predicted molar refractivity (Wildman–Crippen MR) is 108 cm³/mol. The minimum atomic E-state index is -1.99. The third-order valence-electron chi connectivity index (χ3n) is 4.20. The Morgan fingerprint density at radius 3 is 2.00 bits per heavy atom. The van der Waals surface area contributed by atoms with E-state index in [-0.39, 0.29) is 11.1 Å². The van der Waals surface area contributed by atoms with Gasteiger partial charge in [-0.15, -0.1) is 0 Å². The van der Waals surface area contributed by atoms with E-state index in [4.69, 9.17) is 9.47 Å². The smallest absolute Gasteiger partial charge is 0.338 e. The number of nitrogens with zero attached hydrogens (tertiary/aromatic N) is 1. The van der Waals surface area contributed by atoms with E-state index in [1.54, 1.807) is 36.4 Å². The van der Waals surface area contributed by atoms with Crippen LogP contribution in [-0.2, 0) is 14.3 Å². The molecule has 160 valence electrons. The molecule has 0 saturated heterocycles. The Bertz CT molecular complexity index is 866. The number of benzene rings is 2. The van der Waals surface area contributed by atoms with Crippen LogP contribution in [0.5, 0.6) is 0 Å². The molecule has 30 heavy (non-hydrogen) atoms. The van der Waals surface area contributed by atoms with Gasteiger partial charge < -0.3 is 19.4 Å². The summed E-state index contributed by atoms with van der Waals surface area (Å²) < 4.78 is 24.7. The van der Waals surface area contributed by atoms with Crippen LogP contribution in [-0.4, -0.2) is 55.4 Å². The van der Waals surface area contributed by atoms with Crippen molar-refractivity contribution in [2.75, 3.05) is 13.7 Å². The Morgan fingerprint density at radius 1 is 1.00 bits per heavy atom. The monoisotopic (exact) mass is 417 g/mol. The molecule has 8 heteroatoms. The van der Waals surface area contributed by atoms with E-state index in [1.807, 2.05) is 13.8 Å². The van der Waals surface area contributed by atoms with Crippen LogP contribution < -0.4 is 0 Å². The zero-order valence-corrected chi connectivity index (χ0v) is 16.9. The van der Waals surface area contributed by atoms with Gasteiger partial charge in [0.2, 0.25) is 0 Å².